The molecule has 0 saturated carbocycles. The Morgan fingerprint density at radius 3 is 1.48 bits per heavy atom. The standard InChI is InChI=1S/C24H27N/c1-23(2,19-18-20-12-6-3-7-13-20)24(25,21-14-8-4-9-15-21)22-16-10-5-11-17-22/h3-17H,18-19,25H2,1-2H3. The van der Waals surface area contributed by atoms with Crippen LogP contribution >= 0.6 is 0 Å². The van der Waals surface area contributed by atoms with Crippen molar-refractivity contribution in [3.05, 3.63) is 108 Å². The molecule has 0 unspecified atom stereocenters. The lowest BCUT2D eigenvalue weighted by Crippen LogP contribution is -2.51. The lowest BCUT2D eigenvalue weighted by atomic mass is 9.63. The topological polar surface area (TPSA) is 26.0 Å². The van der Waals surface area contributed by atoms with E-state index in [-0.39, 0.29) is 5.41 Å². The fraction of sp³-hybridized carbons (Fsp3) is 0.250. The van der Waals surface area contributed by atoms with Crippen molar-refractivity contribution in [1.29, 1.82) is 0 Å². The van der Waals surface area contributed by atoms with Crippen LogP contribution in [0.1, 0.15) is 37.0 Å². The molecule has 1 heteroatoms. The average Bonchev–Trinajstić information content (AvgIpc) is 2.68. The number of benzene rings is 3. The predicted octanol–water partition coefficient (Wildman–Crippen LogP) is 5.55. The van der Waals surface area contributed by atoms with Gasteiger partial charge in [-0.3, -0.25) is 0 Å². The van der Waals surface area contributed by atoms with Crippen molar-refractivity contribution in [2.75, 3.05) is 0 Å². The molecule has 0 aliphatic carbocycles. The summed E-state index contributed by atoms with van der Waals surface area (Å²) in [5.74, 6) is 0. The summed E-state index contributed by atoms with van der Waals surface area (Å²) in [4.78, 5) is 0. The normalized spacial score (nSPS) is 12.1. The maximum Gasteiger partial charge on any atom is 0.0717 e. The van der Waals surface area contributed by atoms with Crippen LogP contribution in [0.2, 0.25) is 0 Å². The Balaban J connectivity index is 1.99. The van der Waals surface area contributed by atoms with Crippen molar-refractivity contribution in [3.63, 3.8) is 0 Å². The van der Waals surface area contributed by atoms with E-state index in [1.54, 1.807) is 0 Å². The minimum Gasteiger partial charge on any atom is -0.317 e. The van der Waals surface area contributed by atoms with Crippen LogP contribution in [0, 0.1) is 5.41 Å². The fourth-order valence-electron chi connectivity index (χ4n) is 3.65. The molecular weight excluding hydrogens is 302 g/mol. The monoisotopic (exact) mass is 329 g/mol. The summed E-state index contributed by atoms with van der Waals surface area (Å²) >= 11 is 0. The molecule has 0 saturated heterocycles. The summed E-state index contributed by atoms with van der Waals surface area (Å²) in [5, 5.41) is 0. The van der Waals surface area contributed by atoms with E-state index in [0.717, 1.165) is 12.8 Å². The Kier molecular flexibility index (Phi) is 5.06. The van der Waals surface area contributed by atoms with Crippen LogP contribution in [0.4, 0.5) is 0 Å². The third-order valence-electron chi connectivity index (χ3n) is 5.41. The quantitative estimate of drug-likeness (QED) is 0.630. The first kappa shape index (κ1) is 17.4. The van der Waals surface area contributed by atoms with Crippen LogP contribution in [0.5, 0.6) is 0 Å². The minimum atomic E-state index is -0.537. The summed E-state index contributed by atoms with van der Waals surface area (Å²) in [6.45, 7) is 4.58. The lowest BCUT2D eigenvalue weighted by molar-refractivity contribution is 0.189. The molecule has 0 aromatic heterocycles. The van der Waals surface area contributed by atoms with E-state index in [2.05, 4.69) is 92.7 Å². The van der Waals surface area contributed by atoms with Crippen LogP contribution in [0.15, 0.2) is 91.0 Å². The van der Waals surface area contributed by atoms with Crippen LogP contribution in [0.3, 0.4) is 0 Å². The second-order valence-electron chi connectivity index (χ2n) is 7.41. The third kappa shape index (κ3) is 3.52. The zero-order chi connectivity index (χ0) is 17.8. The summed E-state index contributed by atoms with van der Waals surface area (Å²) in [6, 6.07) is 31.7. The van der Waals surface area contributed by atoms with Gasteiger partial charge in [0.15, 0.2) is 0 Å². The second-order valence-corrected chi connectivity index (χ2v) is 7.41. The smallest absolute Gasteiger partial charge is 0.0717 e. The zero-order valence-electron chi connectivity index (χ0n) is 15.2. The van der Waals surface area contributed by atoms with E-state index in [0.29, 0.717) is 0 Å². The summed E-state index contributed by atoms with van der Waals surface area (Å²) < 4.78 is 0. The molecule has 0 spiro atoms. The zero-order valence-corrected chi connectivity index (χ0v) is 15.2. The van der Waals surface area contributed by atoms with E-state index >= 15 is 0 Å². The van der Waals surface area contributed by atoms with Crippen molar-refractivity contribution >= 4 is 0 Å². The maximum absolute atomic E-state index is 7.18. The SMILES string of the molecule is CC(C)(CCc1ccccc1)C(N)(c1ccccc1)c1ccccc1. The van der Waals surface area contributed by atoms with Gasteiger partial charge in [-0.2, -0.15) is 0 Å². The van der Waals surface area contributed by atoms with Gasteiger partial charge in [0.2, 0.25) is 0 Å². The first-order valence-electron chi connectivity index (χ1n) is 8.98. The number of hydrogen-bond donors (Lipinski definition) is 1. The lowest BCUT2D eigenvalue weighted by Gasteiger charge is -2.45. The predicted molar refractivity (Wildman–Crippen MR) is 106 cm³/mol. The largest absolute Gasteiger partial charge is 0.317 e. The van der Waals surface area contributed by atoms with Gasteiger partial charge in [-0.15, -0.1) is 0 Å². The molecule has 0 fully saturated rings. The number of nitrogens with two attached hydrogens (primary N) is 1. The molecular formula is C24H27N. The molecule has 3 aromatic rings. The molecule has 3 rings (SSSR count). The highest BCUT2D eigenvalue weighted by Crippen LogP contribution is 2.45. The van der Waals surface area contributed by atoms with Crippen molar-refractivity contribution < 1.29 is 0 Å². The van der Waals surface area contributed by atoms with Crippen LogP contribution in [-0.4, -0.2) is 0 Å². The van der Waals surface area contributed by atoms with E-state index in [4.69, 9.17) is 5.73 Å². The van der Waals surface area contributed by atoms with Crippen molar-refractivity contribution in [2.45, 2.75) is 32.2 Å². The molecule has 0 aliphatic rings. The number of aryl methyl sites for hydroxylation is 1. The Labute approximate surface area is 151 Å². The Morgan fingerprint density at radius 1 is 0.640 bits per heavy atom. The van der Waals surface area contributed by atoms with E-state index in [1.165, 1.54) is 16.7 Å². The Hall–Kier alpha value is -2.38. The van der Waals surface area contributed by atoms with Gasteiger partial charge in [0.1, 0.15) is 0 Å². The van der Waals surface area contributed by atoms with Crippen LogP contribution in [0.25, 0.3) is 0 Å². The molecule has 0 amide bonds. The molecule has 0 heterocycles. The van der Waals surface area contributed by atoms with Gasteiger partial charge >= 0.3 is 0 Å². The van der Waals surface area contributed by atoms with E-state index in [9.17, 15) is 0 Å². The van der Waals surface area contributed by atoms with Gasteiger partial charge in [0.25, 0.3) is 0 Å². The first-order valence-corrected chi connectivity index (χ1v) is 8.98. The van der Waals surface area contributed by atoms with Crippen LogP contribution < -0.4 is 5.73 Å². The molecule has 2 N–H and O–H groups in total. The molecule has 0 radical (unpaired) electrons. The molecule has 128 valence electrons. The van der Waals surface area contributed by atoms with Gasteiger partial charge in [-0.05, 0) is 34.9 Å². The third-order valence-corrected chi connectivity index (χ3v) is 5.41. The van der Waals surface area contributed by atoms with Gasteiger partial charge in [0.05, 0.1) is 5.54 Å². The van der Waals surface area contributed by atoms with E-state index in [1.807, 2.05) is 12.1 Å². The summed E-state index contributed by atoms with van der Waals surface area (Å²) in [6.07, 6.45) is 2.03. The summed E-state index contributed by atoms with van der Waals surface area (Å²) in [5.41, 5.74) is 10.2. The Bertz CT molecular complexity index is 737. The van der Waals surface area contributed by atoms with E-state index < -0.39 is 5.54 Å². The highest BCUT2D eigenvalue weighted by molar-refractivity contribution is 5.40. The molecule has 0 atom stereocenters. The molecule has 3 aromatic carbocycles. The highest BCUT2D eigenvalue weighted by atomic mass is 14.8. The summed E-state index contributed by atoms with van der Waals surface area (Å²) in [7, 11) is 0. The molecule has 0 aliphatic heterocycles. The fourth-order valence-corrected chi connectivity index (χ4v) is 3.65. The molecule has 25 heavy (non-hydrogen) atoms. The molecule has 0 bridgehead atoms. The van der Waals surface area contributed by atoms with Crippen molar-refractivity contribution in [1.82, 2.24) is 0 Å². The van der Waals surface area contributed by atoms with Gasteiger partial charge in [0, 0.05) is 0 Å². The van der Waals surface area contributed by atoms with Gasteiger partial charge < -0.3 is 5.73 Å². The highest BCUT2D eigenvalue weighted by Gasteiger charge is 2.44. The number of rotatable bonds is 6. The molecule has 1 nitrogen and oxygen atoms in total. The van der Waals surface area contributed by atoms with Crippen molar-refractivity contribution in [3.8, 4) is 0 Å². The first-order chi connectivity index (χ1) is 12.0. The van der Waals surface area contributed by atoms with Crippen LogP contribution in [-0.2, 0) is 12.0 Å². The average molecular weight is 329 g/mol. The van der Waals surface area contributed by atoms with Gasteiger partial charge in [-0.25, -0.2) is 0 Å². The van der Waals surface area contributed by atoms with Gasteiger partial charge in [-0.1, -0.05) is 105 Å². The maximum atomic E-state index is 7.18. The minimum absolute atomic E-state index is 0.106. The second kappa shape index (κ2) is 7.25. The number of hydrogen-bond acceptors (Lipinski definition) is 1. The Morgan fingerprint density at radius 2 is 1.04 bits per heavy atom. The van der Waals surface area contributed by atoms with Crippen molar-refractivity contribution in [2.24, 2.45) is 11.1 Å².